The highest BCUT2D eigenvalue weighted by molar-refractivity contribution is 6.05. The van der Waals surface area contributed by atoms with Crippen LogP contribution < -0.4 is 4.74 Å². The molecule has 0 aromatic heterocycles. The van der Waals surface area contributed by atoms with Gasteiger partial charge in [0.25, 0.3) is 0 Å². The Labute approximate surface area is 217 Å². The topological polar surface area (TPSA) is 127 Å². The Balaban J connectivity index is 2.07. The van der Waals surface area contributed by atoms with Gasteiger partial charge in [-0.25, -0.2) is 0 Å². The van der Waals surface area contributed by atoms with Crippen molar-refractivity contribution in [3.63, 3.8) is 0 Å². The van der Waals surface area contributed by atoms with Crippen LogP contribution in [0.5, 0.6) is 28.7 Å². The number of phenolic OH excluding ortho intramolecular Hbond substituents is 4. The summed E-state index contributed by atoms with van der Waals surface area (Å²) in [5, 5.41) is 53.1. The van der Waals surface area contributed by atoms with Crippen molar-refractivity contribution in [2.45, 2.75) is 72.5 Å². The van der Waals surface area contributed by atoms with Gasteiger partial charge in [0.1, 0.15) is 34.3 Å². The van der Waals surface area contributed by atoms with E-state index in [0.29, 0.717) is 12.0 Å². The second-order valence-corrected chi connectivity index (χ2v) is 10.0. The van der Waals surface area contributed by atoms with Crippen LogP contribution in [0.2, 0.25) is 0 Å². The Bertz CT molecular complexity index is 1280. The Morgan fingerprint density at radius 2 is 1.57 bits per heavy atom. The normalized spacial score (nSPS) is 17.1. The number of hydrogen-bond acceptors (Lipinski definition) is 7. The second-order valence-electron chi connectivity index (χ2n) is 10.0. The van der Waals surface area contributed by atoms with Crippen LogP contribution in [0.4, 0.5) is 0 Å². The number of phenols is 4. The Morgan fingerprint density at radius 1 is 0.892 bits per heavy atom. The summed E-state index contributed by atoms with van der Waals surface area (Å²) in [6.45, 7) is 9.94. The van der Waals surface area contributed by atoms with Gasteiger partial charge < -0.3 is 30.3 Å². The number of carbonyl (C=O) groups excluding carboxylic acids is 1. The molecule has 2 aromatic rings. The third-order valence-corrected chi connectivity index (χ3v) is 6.38. The van der Waals surface area contributed by atoms with E-state index in [-0.39, 0.29) is 46.1 Å². The minimum atomic E-state index is -1.72. The van der Waals surface area contributed by atoms with Crippen LogP contribution in [0.25, 0.3) is 0 Å². The molecule has 1 heterocycles. The van der Waals surface area contributed by atoms with Crippen LogP contribution in [0.1, 0.15) is 80.6 Å². The van der Waals surface area contributed by atoms with E-state index in [2.05, 4.69) is 6.08 Å². The lowest BCUT2D eigenvalue weighted by molar-refractivity contribution is 0.0202. The van der Waals surface area contributed by atoms with Crippen molar-refractivity contribution >= 4 is 5.78 Å². The fraction of sp³-hybridized carbons (Fsp3) is 0.367. The summed E-state index contributed by atoms with van der Waals surface area (Å²) in [5.41, 5.74) is 4.04. The number of aliphatic hydroxyl groups is 1. The lowest BCUT2D eigenvalue weighted by Gasteiger charge is -2.31. The van der Waals surface area contributed by atoms with Gasteiger partial charge in [-0.3, -0.25) is 4.79 Å². The molecule has 1 aliphatic heterocycles. The first-order valence-electron chi connectivity index (χ1n) is 12.3. The van der Waals surface area contributed by atoms with Crippen LogP contribution in [-0.4, -0.2) is 37.4 Å². The van der Waals surface area contributed by atoms with E-state index in [4.69, 9.17) is 4.74 Å². The molecular weight excluding hydrogens is 472 g/mol. The predicted octanol–water partition coefficient (Wildman–Crippen LogP) is 5.93. The first-order chi connectivity index (χ1) is 17.4. The predicted molar refractivity (Wildman–Crippen MR) is 143 cm³/mol. The zero-order chi connectivity index (χ0) is 27.4. The summed E-state index contributed by atoms with van der Waals surface area (Å²) in [4.78, 5) is 12.9. The lowest BCUT2D eigenvalue weighted by Crippen LogP contribution is -2.36. The van der Waals surface area contributed by atoms with Crippen LogP contribution in [-0.2, 0) is 12.8 Å². The van der Waals surface area contributed by atoms with E-state index < -0.39 is 23.7 Å². The summed E-state index contributed by atoms with van der Waals surface area (Å²) >= 11 is 0. The van der Waals surface area contributed by atoms with Crippen molar-refractivity contribution in [2.24, 2.45) is 0 Å². The zero-order valence-electron chi connectivity index (χ0n) is 22.0. The molecule has 0 unspecified atom stereocenters. The fourth-order valence-electron chi connectivity index (χ4n) is 4.30. The highest BCUT2D eigenvalue weighted by atomic mass is 16.5. The minimum Gasteiger partial charge on any atom is -0.508 e. The van der Waals surface area contributed by atoms with Crippen LogP contribution >= 0.6 is 0 Å². The Morgan fingerprint density at radius 3 is 2.22 bits per heavy atom. The summed E-state index contributed by atoms with van der Waals surface area (Å²) in [6, 6.07) is 3.69. The molecule has 0 amide bonds. The van der Waals surface area contributed by atoms with Gasteiger partial charge in [0.15, 0.2) is 12.2 Å². The molecule has 0 bridgehead atoms. The summed E-state index contributed by atoms with van der Waals surface area (Å²) in [7, 11) is 0. The number of Topliss-reactive ketones (excluding diaryl/α,β-unsaturated/α-hetero) is 1. The molecule has 2 atom stereocenters. The highest BCUT2D eigenvalue weighted by Crippen LogP contribution is 2.46. The molecule has 37 heavy (non-hydrogen) atoms. The molecule has 0 radical (unpaired) electrons. The Kier molecular flexibility index (Phi) is 8.71. The van der Waals surface area contributed by atoms with Gasteiger partial charge in [-0.05, 0) is 71.9 Å². The number of benzene rings is 2. The van der Waals surface area contributed by atoms with Crippen LogP contribution in [0.3, 0.4) is 0 Å². The molecule has 0 saturated heterocycles. The molecule has 1 aliphatic rings. The number of ether oxygens (including phenoxy) is 1. The first kappa shape index (κ1) is 27.9. The first-order valence-corrected chi connectivity index (χ1v) is 12.3. The average molecular weight is 509 g/mol. The third-order valence-electron chi connectivity index (χ3n) is 6.38. The van der Waals surface area contributed by atoms with Crippen molar-refractivity contribution in [1.82, 2.24) is 0 Å². The largest absolute Gasteiger partial charge is 0.508 e. The van der Waals surface area contributed by atoms with Gasteiger partial charge in [-0.15, -0.1) is 0 Å². The molecule has 7 nitrogen and oxygen atoms in total. The van der Waals surface area contributed by atoms with Gasteiger partial charge >= 0.3 is 0 Å². The number of aromatic hydroxyl groups is 4. The maximum absolute atomic E-state index is 12.9. The SMILES string of the molecule is CC(C)=CCC/C(C)=C/Cc1c(O)c(CC=C(C)C)cc([C@H]2Oc3cc(O)cc(O)c3C(=O)[C@@H]2O)c1O. The number of ketones is 1. The molecule has 5 N–H and O–H groups in total. The number of allylic oxidation sites excluding steroid dienone is 6. The van der Waals surface area contributed by atoms with Crippen molar-refractivity contribution in [3.8, 4) is 28.7 Å². The monoisotopic (exact) mass is 508 g/mol. The molecule has 7 heteroatoms. The van der Waals surface area contributed by atoms with Crippen molar-refractivity contribution in [2.75, 3.05) is 0 Å². The number of carbonyl (C=O) groups is 1. The molecular formula is C30H36O7. The van der Waals surface area contributed by atoms with E-state index in [1.165, 1.54) is 17.7 Å². The van der Waals surface area contributed by atoms with Crippen molar-refractivity contribution in [1.29, 1.82) is 0 Å². The number of rotatable bonds is 8. The third kappa shape index (κ3) is 6.35. The van der Waals surface area contributed by atoms with Crippen LogP contribution in [0, 0.1) is 0 Å². The molecule has 3 rings (SSSR count). The summed E-state index contributed by atoms with van der Waals surface area (Å²) in [5.74, 6) is -2.05. The molecule has 0 fully saturated rings. The summed E-state index contributed by atoms with van der Waals surface area (Å²) in [6.07, 6.45) is 5.31. The van der Waals surface area contributed by atoms with Gasteiger partial charge in [0.2, 0.25) is 5.78 Å². The molecule has 2 aromatic carbocycles. The Hall–Kier alpha value is -3.71. The fourth-order valence-corrected chi connectivity index (χ4v) is 4.30. The van der Waals surface area contributed by atoms with Gasteiger partial charge in [0.05, 0.1) is 0 Å². The maximum Gasteiger partial charge on any atom is 0.202 e. The van der Waals surface area contributed by atoms with E-state index in [0.717, 1.165) is 30.1 Å². The zero-order valence-corrected chi connectivity index (χ0v) is 22.0. The standard InChI is InChI=1S/C30H36O7/c1-16(2)7-6-8-18(5)10-12-21-26(33)19(11-9-17(3)4)13-22(27(21)34)30-29(36)28(35)25-23(32)14-20(31)15-24(25)37-30/h7,9-10,13-15,29-34,36H,6,8,11-12H2,1-5H3/b18-10+/t29-,30+/m0/s1. The van der Waals surface area contributed by atoms with Crippen LogP contribution in [0.15, 0.2) is 53.1 Å². The smallest absolute Gasteiger partial charge is 0.202 e. The number of fused-ring (bicyclic) bond motifs is 1. The minimum absolute atomic E-state index is 0.0561. The molecule has 0 saturated carbocycles. The summed E-state index contributed by atoms with van der Waals surface area (Å²) < 4.78 is 5.85. The maximum atomic E-state index is 12.9. The second kappa shape index (κ2) is 11.6. The number of hydrogen-bond donors (Lipinski definition) is 5. The van der Waals surface area contributed by atoms with E-state index in [1.54, 1.807) is 0 Å². The van der Waals surface area contributed by atoms with E-state index in [9.17, 15) is 30.3 Å². The quantitative estimate of drug-likeness (QED) is 0.280. The molecule has 0 spiro atoms. The number of aliphatic hydroxyl groups excluding tert-OH is 1. The molecule has 198 valence electrons. The van der Waals surface area contributed by atoms with Gasteiger partial charge in [0, 0.05) is 23.3 Å². The average Bonchev–Trinajstić information content (AvgIpc) is 2.80. The van der Waals surface area contributed by atoms with Crippen molar-refractivity contribution < 1.29 is 35.1 Å². The lowest BCUT2D eigenvalue weighted by atomic mass is 9.88. The van der Waals surface area contributed by atoms with Gasteiger partial charge in [-0.2, -0.15) is 0 Å². The highest BCUT2D eigenvalue weighted by Gasteiger charge is 2.41. The van der Waals surface area contributed by atoms with E-state index >= 15 is 0 Å². The van der Waals surface area contributed by atoms with Gasteiger partial charge in [-0.1, -0.05) is 34.9 Å². The van der Waals surface area contributed by atoms with E-state index in [1.807, 2.05) is 46.8 Å². The van der Waals surface area contributed by atoms with Crippen molar-refractivity contribution in [3.05, 3.63) is 75.4 Å². The molecule has 0 aliphatic carbocycles.